The van der Waals surface area contributed by atoms with Crippen LogP contribution in [0.15, 0.2) is 36.5 Å². The minimum absolute atomic E-state index is 0.400. The van der Waals surface area contributed by atoms with E-state index in [0.717, 1.165) is 0 Å². The van der Waals surface area contributed by atoms with Crippen molar-refractivity contribution < 1.29 is 9.47 Å². The molecule has 1 aromatic heterocycles. The molecule has 0 aliphatic heterocycles. The molecule has 1 aromatic carbocycles. The van der Waals surface area contributed by atoms with Crippen LogP contribution in [-0.2, 0) is 0 Å². The Morgan fingerprint density at radius 1 is 1.22 bits per heavy atom. The van der Waals surface area contributed by atoms with Crippen LogP contribution in [0.5, 0.6) is 17.4 Å². The first kappa shape index (κ1) is 12.2. The zero-order valence-electron chi connectivity index (χ0n) is 9.55. The van der Waals surface area contributed by atoms with E-state index in [1.54, 1.807) is 30.3 Å². The summed E-state index contributed by atoms with van der Waals surface area (Å²) in [6, 6.07) is 10.3. The van der Waals surface area contributed by atoms with Crippen molar-refractivity contribution in [2.45, 2.75) is 0 Å². The molecule has 5 heteroatoms. The molecular formula is C13H9ClN2O2. The fraction of sp³-hybridized carbons (Fsp3) is 0.0769. The Morgan fingerprint density at radius 3 is 2.61 bits per heavy atom. The van der Waals surface area contributed by atoms with Gasteiger partial charge in [0.25, 0.3) is 0 Å². The van der Waals surface area contributed by atoms with Crippen molar-refractivity contribution >= 4 is 11.6 Å². The summed E-state index contributed by atoms with van der Waals surface area (Å²) in [6.07, 6.45) is 1.49. The van der Waals surface area contributed by atoms with Crippen LogP contribution in [-0.4, -0.2) is 12.1 Å². The van der Waals surface area contributed by atoms with Crippen LogP contribution in [0.25, 0.3) is 0 Å². The molecule has 0 aliphatic rings. The molecule has 0 amide bonds. The number of ether oxygens (including phenoxy) is 2. The van der Waals surface area contributed by atoms with Crippen molar-refractivity contribution in [3.63, 3.8) is 0 Å². The van der Waals surface area contributed by atoms with E-state index >= 15 is 0 Å². The van der Waals surface area contributed by atoms with Crippen molar-refractivity contribution in [3.05, 3.63) is 47.1 Å². The van der Waals surface area contributed by atoms with Gasteiger partial charge in [-0.15, -0.1) is 0 Å². The molecule has 0 saturated carbocycles. The molecule has 4 nitrogen and oxygen atoms in total. The number of pyridine rings is 1. The average Bonchev–Trinajstić information content (AvgIpc) is 2.41. The summed E-state index contributed by atoms with van der Waals surface area (Å²) < 4.78 is 10.6. The maximum atomic E-state index is 8.89. The number of nitriles is 1. The zero-order valence-corrected chi connectivity index (χ0v) is 10.3. The Morgan fingerprint density at radius 2 is 2.00 bits per heavy atom. The van der Waals surface area contributed by atoms with Gasteiger partial charge >= 0.3 is 0 Å². The normalized spacial score (nSPS) is 9.61. The molecule has 0 unspecified atom stereocenters. The Bertz CT molecular complexity index is 591. The van der Waals surface area contributed by atoms with E-state index in [9.17, 15) is 0 Å². The molecule has 2 rings (SSSR count). The molecule has 2 aromatic rings. The van der Waals surface area contributed by atoms with Gasteiger partial charge in [-0.1, -0.05) is 11.6 Å². The second kappa shape index (κ2) is 5.39. The number of hydrogen-bond acceptors (Lipinski definition) is 4. The van der Waals surface area contributed by atoms with Crippen LogP contribution in [0.3, 0.4) is 0 Å². The third-order valence-electron chi connectivity index (χ3n) is 2.17. The third-order valence-corrected chi connectivity index (χ3v) is 2.39. The first-order valence-corrected chi connectivity index (χ1v) is 5.47. The SMILES string of the molecule is COc1cc(C#N)cc(Oc2ccc(Cl)cn2)c1. The van der Waals surface area contributed by atoms with Gasteiger partial charge in [0.1, 0.15) is 11.5 Å². The summed E-state index contributed by atoms with van der Waals surface area (Å²) in [5.41, 5.74) is 0.457. The van der Waals surface area contributed by atoms with Crippen LogP contribution >= 0.6 is 11.6 Å². The van der Waals surface area contributed by atoms with E-state index in [4.69, 9.17) is 26.3 Å². The molecule has 1 heterocycles. The summed E-state index contributed by atoms with van der Waals surface area (Å²) in [5.74, 6) is 1.44. The lowest BCUT2D eigenvalue weighted by molar-refractivity contribution is 0.407. The van der Waals surface area contributed by atoms with E-state index in [2.05, 4.69) is 4.98 Å². The van der Waals surface area contributed by atoms with Crippen molar-refractivity contribution in [1.29, 1.82) is 5.26 Å². The van der Waals surface area contributed by atoms with Crippen LogP contribution in [0.1, 0.15) is 5.56 Å². The van der Waals surface area contributed by atoms with Gasteiger partial charge in [0.05, 0.1) is 23.8 Å². The molecule has 0 N–H and O–H groups in total. The molecule has 0 bridgehead atoms. The molecule has 0 aliphatic carbocycles. The second-order valence-electron chi connectivity index (χ2n) is 3.43. The quantitative estimate of drug-likeness (QED) is 0.849. The molecule has 0 fully saturated rings. The number of methoxy groups -OCH3 is 1. The van der Waals surface area contributed by atoms with Crippen molar-refractivity contribution in [2.75, 3.05) is 7.11 Å². The highest BCUT2D eigenvalue weighted by Gasteiger charge is 2.04. The minimum Gasteiger partial charge on any atom is -0.497 e. The standard InChI is InChI=1S/C13H9ClN2O2/c1-17-11-4-9(7-15)5-12(6-11)18-13-3-2-10(14)8-16-13/h2-6,8H,1H3. The fourth-order valence-electron chi connectivity index (χ4n) is 1.36. The molecular weight excluding hydrogens is 252 g/mol. The lowest BCUT2D eigenvalue weighted by Crippen LogP contribution is -1.90. The van der Waals surface area contributed by atoms with E-state index in [1.165, 1.54) is 13.3 Å². The maximum Gasteiger partial charge on any atom is 0.219 e. The summed E-state index contributed by atoms with van der Waals surface area (Å²) in [6.45, 7) is 0. The number of hydrogen-bond donors (Lipinski definition) is 0. The molecule has 18 heavy (non-hydrogen) atoms. The molecule has 0 radical (unpaired) electrons. The van der Waals surface area contributed by atoms with Crippen LogP contribution < -0.4 is 9.47 Å². The molecule has 0 atom stereocenters. The van der Waals surface area contributed by atoms with E-state index in [0.29, 0.717) is 28.0 Å². The van der Waals surface area contributed by atoms with Gasteiger partial charge in [-0.2, -0.15) is 5.26 Å². The van der Waals surface area contributed by atoms with Gasteiger partial charge in [0.2, 0.25) is 5.88 Å². The zero-order chi connectivity index (χ0) is 13.0. The number of nitrogens with zero attached hydrogens (tertiary/aromatic N) is 2. The van der Waals surface area contributed by atoms with Gasteiger partial charge in [0.15, 0.2) is 0 Å². The Kier molecular flexibility index (Phi) is 3.66. The summed E-state index contributed by atoms with van der Waals surface area (Å²) in [4.78, 5) is 4.01. The maximum absolute atomic E-state index is 8.89. The van der Waals surface area contributed by atoms with E-state index < -0.39 is 0 Å². The molecule has 0 spiro atoms. The van der Waals surface area contributed by atoms with E-state index in [-0.39, 0.29) is 0 Å². The Balaban J connectivity index is 2.28. The highest BCUT2D eigenvalue weighted by molar-refractivity contribution is 6.30. The highest BCUT2D eigenvalue weighted by Crippen LogP contribution is 2.26. The molecule has 90 valence electrons. The smallest absolute Gasteiger partial charge is 0.219 e. The highest BCUT2D eigenvalue weighted by atomic mass is 35.5. The topological polar surface area (TPSA) is 55.1 Å². The fourth-order valence-corrected chi connectivity index (χ4v) is 1.47. The van der Waals surface area contributed by atoms with Gasteiger partial charge in [-0.05, 0) is 18.2 Å². The molecule has 0 saturated heterocycles. The number of halogens is 1. The first-order valence-electron chi connectivity index (χ1n) is 5.10. The summed E-state index contributed by atoms with van der Waals surface area (Å²) in [5, 5.41) is 9.42. The van der Waals surface area contributed by atoms with Crippen molar-refractivity contribution in [3.8, 4) is 23.4 Å². The number of rotatable bonds is 3. The average molecular weight is 261 g/mol. The Labute approximate surface area is 109 Å². The predicted octanol–water partition coefficient (Wildman–Crippen LogP) is 3.41. The van der Waals surface area contributed by atoms with Gasteiger partial charge in [-0.25, -0.2) is 4.98 Å². The number of benzene rings is 1. The minimum atomic E-state index is 0.400. The van der Waals surface area contributed by atoms with Crippen LogP contribution in [0.4, 0.5) is 0 Å². The summed E-state index contributed by atoms with van der Waals surface area (Å²) in [7, 11) is 1.53. The monoisotopic (exact) mass is 260 g/mol. The lowest BCUT2D eigenvalue weighted by Gasteiger charge is -2.07. The van der Waals surface area contributed by atoms with Crippen molar-refractivity contribution in [1.82, 2.24) is 4.98 Å². The Hall–Kier alpha value is -2.25. The van der Waals surface area contributed by atoms with Gasteiger partial charge in [-0.3, -0.25) is 0 Å². The number of aromatic nitrogens is 1. The van der Waals surface area contributed by atoms with E-state index in [1.807, 2.05) is 6.07 Å². The lowest BCUT2D eigenvalue weighted by atomic mass is 10.2. The van der Waals surface area contributed by atoms with Gasteiger partial charge < -0.3 is 9.47 Å². The summed E-state index contributed by atoms with van der Waals surface area (Å²) >= 11 is 5.73. The predicted molar refractivity (Wildman–Crippen MR) is 67.0 cm³/mol. The second-order valence-corrected chi connectivity index (χ2v) is 3.86. The van der Waals surface area contributed by atoms with Crippen LogP contribution in [0.2, 0.25) is 5.02 Å². The first-order chi connectivity index (χ1) is 8.71. The van der Waals surface area contributed by atoms with Crippen LogP contribution in [0, 0.1) is 11.3 Å². The van der Waals surface area contributed by atoms with Crippen molar-refractivity contribution in [2.24, 2.45) is 0 Å². The third kappa shape index (κ3) is 2.90. The van der Waals surface area contributed by atoms with Gasteiger partial charge in [0, 0.05) is 18.3 Å². The largest absolute Gasteiger partial charge is 0.497 e.